The van der Waals surface area contributed by atoms with Crippen LogP contribution in [0.5, 0.6) is 0 Å². The van der Waals surface area contributed by atoms with Crippen molar-refractivity contribution in [2.24, 2.45) is 11.8 Å². The van der Waals surface area contributed by atoms with Crippen LogP contribution in [0.1, 0.15) is 44.9 Å². The Morgan fingerprint density at radius 1 is 1.11 bits per heavy atom. The summed E-state index contributed by atoms with van der Waals surface area (Å²) in [6.07, 6.45) is 7.05. The first-order valence-corrected chi connectivity index (χ1v) is 9.77. The smallest absolute Gasteiger partial charge is 0.322 e. The lowest BCUT2D eigenvalue weighted by Gasteiger charge is -2.34. The van der Waals surface area contributed by atoms with E-state index in [1.54, 1.807) is 4.90 Å². The van der Waals surface area contributed by atoms with Gasteiger partial charge in [-0.2, -0.15) is 0 Å². The van der Waals surface area contributed by atoms with Crippen molar-refractivity contribution in [3.63, 3.8) is 0 Å². The second-order valence-corrected chi connectivity index (χ2v) is 7.82. The summed E-state index contributed by atoms with van der Waals surface area (Å²) in [4.78, 5) is 36.9. The molecule has 0 aromatic heterocycles. The van der Waals surface area contributed by atoms with Gasteiger partial charge in [0.2, 0.25) is 0 Å². The molecule has 0 radical (unpaired) electrons. The summed E-state index contributed by atoms with van der Waals surface area (Å²) in [7, 11) is 0. The third kappa shape index (κ3) is 5.45. The molecule has 3 aliphatic rings. The van der Waals surface area contributed by atoms with Crippen LogP contribution in [0.15, 0.2) is 11.3 Å². The predicted molar refractivity (Wildman–Crippen MR) is 95.9 cm³/mol. The Balaban J connectivity index is 1.48. The fourth-order valence-corrected chi connectivity index (χ4v) is 3.75. The quantitative estimate of drug-likeness (QED) is 0.545. The van der Waals surface area contributed by atoms with E-state index in [0.717, 1.165) is 38.2 Å². The normalized spacial score (nSPS) is 26.2. The molecular formula is C19H28N2O6. The standard InChI is InChI=1S/C19H28N2O6/c22-15-7-8-21(19(26)17(15)18(25)20-9-16(23)24)10-12-3-5-14(6-4-12)27-11-13-1-2-13/h12-14,22H,1-11H2,(H,20,25)(H,23,24). The zero-order valence-corrected chi connectivity index (χ0v) is 15.5. The number of nitrogens with one attached hydrogen (secondary N) is 1. The molecule has 2 amide bonds. The topological polar surface area (TPSA) is 116 Å². The van der Waals surface area contributed by atoms with E-state index in [0.29, 0.717) is 25.1 Å². The minimum Gasteiger partial charge on any atom is -0.511 e. The second kappa shape index (κ2) is 8.73. The maximum Gasteiger partial charge on any atom is 0.322 e. The second-order valence-electron chi connectivity index (χ2n) is 7.82. The molecule has 2 saturated carbocycles. The molecule has 0 bridgehead atoms. The van der Waals surface area contributed by atoms with Gasteiger partial charge < -0.3 is 25.2 Å². The van der Waals surface area contributed by atoms with E-state index >= 15 is 0 Å². The average molecular weight is 380 g/mol. The number of nitrogens with zero attached hydrogens (tertiary/aromatic N) is 1. The SMILES string of the molecule is O=C(O)CNC(=O)C1=C(O)CCN(CC2CCC(OCC3CC3)CC2)C1=O. The molecule has 0 atom stereocenters. The zero-order valence-electron chi connectivity index (χ0n) is 15.5. The molecule has 27 heavy (non-hydrogen) atoms. The Hall–Kier alpha value is -2.09. The number of carbonyl (C=O) groups excluding carboxylic acids is 2. The Morgan fingerprint density at radius 3 is 2.41 bits per heavy atom. The number of carbonyl (C=O) groups is 3. The summed E-state index contributed by atoms with van der Waals surface area (Å²) in [5.41, 5.74) is -0.330. The number of ether oxygens (including phenoxy) is 1. The number of hydrogen-bond acceptors (Lipinski definition) is 5. The molecule has 0 unspecified atom stereocenters. The molecule has 2 fully saturated rings. The summed E-state index contributed by atoms with van der Waals surface area (Å²) < 4.78 is 5.95. The molecule has 0 aromatic carbocycles. The van der Waals surface area contributed by atoms with Crippen molar-refractivity contribution in [2.75, 3.05) is 26.2 Å². The molecule has 0 saturated heterocycles. The number of aliphatic hydroxyl groups excluding tert-OH is 1. The highest BCUT2D eigenvalue weighted by Crippen LogP contribution is 2.32. The van der Waals surface area contributed by atoms with Gasteiger partial charge in [0.1, 0.15) is 17.9 Å². The summed E-state index contributed by atoms with van der Waals surface area (Å²) in [5, 5.41) is 20.8. The lowest BCUT2D eigenvalue weighted by molar-refractivity contribution is -0.138. The fraction of sp³-hybridized carbons (Fsp3) is 0.737. The minimum absolute atomic E-state index is 0.210. The minimum atomic E-state index is -1.20. The first-order valence-electron chi connectivity index (χ1n) is 9.77. The number of carboxylic acid groups (broad SMARTS) is 1. The van der Waals surface area contributed by atoms with Gasteiger partial charge in [-0.25, -0.2) is 0 Å². The molecule has 0 aromatic rings. The molecule has 3 rings (SSSR count). The summed E-state index contributed by atoms with van der Waals surface area (Å²) in [6, 6.07) is 0. The van der Waals surface area contributed by atoms with Crippen LogP contribution < -0.4 is 5.32 Å². The van der Waals surface area contributed by atoms with E-state index in [4.69, 9.17) is 9.84 Å². The summed E-state index contributed by atoms with van der Waals surface area (Å²) in [5.74, 6) is -1.70. The molecule has 2 aliphatic carbocycles. The Labute approximate surface area is 158 Å². The number of aliphatic carboxylic acids is 1. The van der Waals surface area contributed by atoms with Crippen LogP contribution in [0.3, 0.4) is 0 Å². The van der Waals surface area contributed by atoms with E-state index in [1.807, 2.05) is 0 Å². The molecular weight excluding hydrogens is 352 g/mol. The van der Waals surface area contributed by atoms with Crippen molar-refractivity contribution >= 4 is 17.8 Å². The number of aliphatic hydroxyl groups is 1. The highest BCUT2D eigenvalue weighted by atomic mass is 16.5. The van der Waals surface area contributed by atoms with Crippen LogP contribution >= 0.6 is 0 Å². The molecule has 8 nitrogen and oxygen atoms in total. The fourth-order valence-electron chi connectivity index (χ4n) is 3.75. The van der Waals surface area contributed by atoms with E-state index in [-0.39, 0.29) is 17.8 Å². The first kappa shape index (κ1) is 19.7. The Morgan fingerprint density at radius 2 is 1.78 bits per heavy atom. The average Bonchev–Trinajstić information content (AvgIpc) is 3.46. The van der Waals surface area contributed by atoms with Crippen LogP contribution in [0.2, 0.25) is 0 Å². The van der Waals surface area contributed by atoms with Crippen molar-refractivity contribution in [1.82, 2.24) is 10.2 Å². The number of amides is 2. The largest absolute Gasteiger partial charge is 0.511 e. The van der Waals surface area contributed by atoms with Gasteiger partial charge in [0.25, 0.3) is 11.8 Å². The third-order valence-corrected chi connectivity index (χ3v) is 5.57. The van der Waals surface area contributed by atoms with Gasteiger partial charge >= 0.3 is 5.97 Å². The zero-order chi connectivity index (χ0) is 19.4. The van der Waals surface area contributed by atoms with Crippen LogP contribution in [0.25, 0.3) is 0 Å². The molecule has 3 N–H and O–H groups in total. The molecule has 150 valence electrons. The van der Waals surface area contributed by atoms with Crippen LogP contribution in [0, 0.1) is 11.8 Å². The van der Waals surface area contributed by atoms with Gasteiger partial charge in [-0.3, -0.25) is 14.4 Å². The van der Waals surface area contributed by atoms with Gasteiger partial charge in [0.15, 0.2) is 0 Å². The van der Waals surface area contributed by atoms with Gasteiger partial charge in [-0.15, -0.1) is 0 Å². The van der Waals surface area contributed by atoms with E-state index < -0.39 is 24.3 Å². The monoisotopic (exact) mass is 380 g/mol. The summed E-state index contributed by atoms with van der Waals surface area (Å²) in [6.45, 7) is 1.21. The van der Waals surface area contributed by atoms with E-state index in [2.05, 4.69) is 5.32 Å². The van der Waals surface area contributed by atoms with Gasteiger partial charge in [-0.05, 0) is 50.4 Å². The highest BCUT2D eigenvalue weighted by molar-refractivity contribution is 6.19. The van der Waals surface area contributed by atoms with Crippen molar-refractivity contribution < 1.29 is 29.3 Å². The van der Waals surface area contributed by atoms with Gasteiger partial charge in [-0.1, -0.05) is 0 Å². The molecule has 8 heteroatoms. The Kier molecular flexibility index (Phi) is 6.36. The Bertz CT molecular complexity index is 620. The van der Waals surface area contributed by atoms with Crippen LogP contribution in [-0.4, -0.2) is 65.2 Å². The number of carboxylic acids is 1. The lowest BCUT2D eigenvalue weighted by atomic mass is 9.86. The molecule has 1 aliphatic heterocycles. The maximum atomic E-state index is 12.6. The molecule has 1 heterocycles. The van der Waals surface area contributed by atoms with Crippen molar-refractivity contribution in [3.8, 4) is 0 Å². The van der Waals surface area contributed by atoms with Gasteiger partial charge in [0.05, 0.1) is 6.10 Å². The van der Waals surface area contributed by atoms with Crippen molar-refractivity contribution in [2.45, 2.75) is 51.0 Å². The van der Waals surface area contributed by atoms with E-state index in [1.165, 1.54) is 12.8 Å². The van der Waals surface area contributed by atoms with Crippen molar-refractivity contribution in [1.29, 1.82) is 0 Å². The summed E-state index contributed by atoms with van der Waals surface area (Å²) >= 11 is 0. The maximum absolute atomic E-state index is 12.6. The first-order chi connectivity index (χ1) is 12.9. The van der Waals surface area contributed by atoms with Gasteiger partial charge in [0, 0.05) is 26.1 Å². The lowest BCUT2D eigenvalue weighted by Crippen LogP contribution is -2.45. The van der Waals surface area contributed by atoms with E-state index in [9.17, 15) is 19.5 Å². The predicted octanol–water partition coefficient (Wildman–Crippen LogP) is 1.22. The number of rotatable bonds is 8. The number of hydrogen-bond donors (Lipinski definition) is 3. The van der Waals surface area contributed by atoms with Crippen LogP contribution in [-0.2, 0) is 19.1 Å². The van der Waals surface area contributed by atoms with Crippen molar-refractivity contribution in [3.05, 3.63) is 11.3 Å². The highest BCUT2D eigenvalue weighted by Gasteiger charge is 2.34. The third-order valence-electron chi connectivity index (χ3n) is 5.57. The van der Waals surface area contributed by atoms with Crippen LogP contribution in [0.4, 0.5) is 0 Å². The molecule has 0 spiro atoms.